The number of non-ortho nitro benzene ring substituents is 1. The summed E-state index contributed by atoms with van der Waals surface area (Å²) in [5.41, 5.74) is 2.86. The number of carbonyl (C=O) groups excluding carboxylic acids is 2. The molecule has 0 unspecified atom stereocenters. The van der Waals surface area contributed by atoms with E-state index < -0.39 is 22.8 Å². The van der Waals surface area contributed by atoms with Crippen molar-refractivity contribution < 1.29 is 28.7 Å². The minimum Gasteiger partial charge on any atom is -0.494 e. The van der Waals surface area contributed by atoms with Crippen LogP contribution in [0.15, 0.2) is 71.1 Å². The molecule has 9 nitrogen and oxygen atoms in total. The van der Waals surface area contributed by atoms with E-state index in [1.165, 1.54) is 12.1 Å². The van der Waals surface area contributed by atoms with Crippen molar-refractivity contribution in [2.75, 3.05) is 24.7 Å². The quantitative estimate of drug-likeness (QED) is 0.152. The molecule has 0 fully saturated rings. The number of nitrogens with zero attached hydrogens (tertiary/aromatic N) is 2. The van der Waals surface area contributed by atoms with Gasteiger partial charge in [0.25, 0.3) is 5.69 Å². The van der Waals surface area contributed by atoms with Crippen LogP contribution in [-0.4, -0.2) is 36.7 Å². The highest BCUT2D eigenvalue weighted by molar-refractivity contribution is 6.01. The van der Waals surface area contributed by atoms with E-state index in [0.29, 0.717) is 23.6 Å². The van der Waals surface area contributed by atoms with Gasteiger partial charge in [-0.1, -0.05) is 25.5 Å². The van der Waals surface area contributed by atoms with Crippen LogP contribution in [0, 0.1) is 10.1 Å². The van der Waals surface area contributed by atoms with Crippen LogP contribution in [-0.2, 0) is 19.1 Å². The first kappa shape index (κ1) is 28.4. The molecule has 3 rings (SSSR count). The molecule has 0 aliphatic carbocycles. The summed E-state index contributed by atoms with van der Waals surface area (Å²) in [4.78, 5) is 39.3. The van der Waals surface area contributed by atoms with Gasteiger partial charge in [0.05, 0.1) is 41.8 Å². The van der Waals surface area contributed by atoms with E-state index in [4.69, 9.17) is 14.2 Å². The molecule has 0 N–H and O–H groups in total. The summed E-state index contributed by atoms with van der Waals surface area (Å²) < 4.78 is 16.6. The van der Waals surface area contributed by atoms with Crippen molar-refractivity contribution in [2.24, 2.45) is 0 Å². The van der Waals surface area contributed by atoms with Gasteiger partial charge >= 0.3 is 11.9 Å². The molecule has 9 heteroatoms. The van der Waals surface area contributed by atoms with Crippen LogP contribution in [0.2, 0.25) is 0 Å². The molecule has 202 valence electrons. The van der Waals surface area contributed by atoms with E-state index in [9.17, 15) is 19.7 Å². The molecule has 2 aromatic rings. The molecule has 1 aliphatic rings. The molecule has 0 atom stereocenters. The number of nitro groups is 1. The van der Waals surface area contributed by atoms with Gasteiger partial charge in [-0.25, -0.2) is 9.59 Å². The molecule has 0 amide bonds. The zero-order valence-corrected chi connectivity index (χ0v) is 22.5. The van der Waals surface area contributed by atoms with Gasteiger partial charge < -0.3 is 19.1 Å². The van der Waals surface area contributed by atoms with Crippen molar-refractivity contribution in [1.82, 2.24) is 0 Å². The summed E-state index contributed by atoms with van der Waals surface area (Å²) >= 11 is 0. The molecular weight excluding hydrogens is 488 g/mol. The fourth-order valence-electron chi connectivity index (χ4n) is 4.54. The minimum atomic E-state index is -0.832. The summed E-state index contributed by atoms with van der Waals surface area (Å²) in [5.74, 6) is -1.26. The number of unbranched alkanes of at least 4 members (excludes halogenated alkanes) is 1. The number of carbonyl (C=O) groups is 2. The standard InChI is InChI=1S/C29H34N2O7/c1-6-9-18-38-24-16-14-22(15-17-24)30-19(4)25(28(32)36-7-2)27(26(20(30)5)29(33)37-8-3)21-10-12-23(13-11-21)31(34)35/h10-17,27H,6-9,18H2,1-5H3. The molecule has 0 saturated heterocycles. The molecule has 0 aromatic heterocycles. The van der Waals surface area contributed by atoms with E-state index >= 15 is 0 Å². The number of nitro benzene ring substituents is 1. The Bertz CT molecular complexity index is 1190. The summed E-state index contributed by atoms with van der Waals surface area (Å²) in [6.07, 6.45) is 1.98. The zero-order chi connectivity index (χ0) is 27.8. The highest BCUT2D eigenvalue weighted by atomic mass is 16.6. The normalized spacial score (nSPS) is 14.0. The summed E-state index contributed by atoms with van der Waals surface area (Å²) in [7, 11) is 0. The average Bonchev–Trinajstić information content (AvgIpc) is 2.89. The summed E-state index contributed by atoms with van der Waals surface area (Å²) in [5, 5.41) is 11.2. The second-order valence-corrected chi connectivity index (χ2v) is 8.75. The van der Waals surface area contributed by atoms with Crippen molar-refractivity contribution >= 4 is 23.3 Å². The smallest absolute Gasteiger partial charge is 0.336 e. The van der Waals surface area contributed by atoms with Crippen molar-refractivity contribution in [2.45, 2.75) is 53.4 Å². The number of benzene rings is 2. The first-order valence-electron chi connectivity index (χ1n) is 12.8. The number of hydrogen-bond acceptors (Lipinski definition) is 8. The maximum atomic E-state index is 13.4. The Morgan fingerprint density at radius 1 is 0.868 bits per heavy atom. The highest BCUT2D eigenvalue weighted by Gasteiger charge is 2.41. The lowest BCUT2D eigenvalue weighted by atomic mass is 9.79. The summed E-state index contributed by atoms with van der Waals surface area (Å²) in [6, 6.07) is 13.3. The molecule has 2 aromatic carbocycles. The molecule has 0 bridgehead atoms. The van der Waals surface area contributed by atoms with Gasteiger partial charge in [0.2, 0.25) is 0 Å². The van der Waals surface area contributed by atoms with Crippen LogP contribution in [0.5, 0.6) is 5.75 Å². The second kappa shape index (κ2) is 12.9. The molecule has 1 heterocycles. The SMILES string of the molecule is CCCCOc1ccc(N2C(C)=C(C(=O)OCC)C(c3ccc([N+](=O)[O-])cc3)C(C(=O)OCC)=C2C)cc1. The predicted octanol–water partition coefficient (Wildman–Crippen LogP) is 6.05. The van der Waals surface area contributed by atoms with Gasteiger partial charge in [-0.2, -0.15) is 0 Å². The summed E-state index contributed by atoms with van der Waals surface area (Å²) in [6.45, 7) is 10.0. The maximum absolute atomic E-state index is 13.4. The van der Waals surface area contributed by atoms with Crippen LogP contribution in [0.25, 0.3) is 0 Å². The van der Waals surface area contributed by atoms with E-state index in [1.54, 1.807) is 39.8 Å². The van der Waals surface area contributed by atoms with E-state index in [1.807, 2.05) is 29.2 Å². The van der Waals surface area contributed by atoms with Crippen molar-refractivity contribution in [1.29, 1.82) is 0 Å². The van der Waals surface area contributed by atoms with Crippen molar-refractivity contribution in [3.8, 4) is 5.75 Å². The number of anilines is 1. The van der Waals surface area contributed by atoms with Crippen LogP contribution >= 0.6 is 0 Å². The first-order chi connectivity index (χ1) is 18.2. The number of hydrogen-bond donors (Lipinski definition) is 0. The Hall–Kier alpha value is -4.14. The third-order valence-corrected chi connectivity index (χ3v) is 6.32. The average molecular weight is 523 g/mol. The lowest BCUT2D eigenvalue weighted by molar-refractivity contribution is -0.384. The van der Waals surface area contributed by atoms with Crippen molar-refractivity contribution in [3.63, 3.8) is 0 Å². The highest BCUT2D eigenvalue weighted by Crippen LogP contribution is 2.45. The second-order valence-electron chi connectivity index (χ2n) is 8.75. The van der Waals surface area contributed by atoms with E-state index in [-0.39, 0.29) is 30.0 Å². The minimum absolute atomic E-state index is 0.0933. The monoisotopic (exact) mass is 522 g/mol. The van der Waals surface area contributed by atoms with Crippen molar-refractivity contribution in [3.05, 3.63) is 86.7 Å². The first-order valence-corrected chi connectivity index (χ1v) is 12.8. The number of allylic oxidation sites excluding steroid dienone is 2. The molecular formula is C29H34N2O7. The topological polar surface area (TPSA) is 108 Å². The molecule has 38 heavy (non-hydrogen) atoms. The van der Waals surface area contributed by atoms with E-state index in [0.717, 1.165) is 24.3 Å². The van der Waals surface area contributed by atoms with Crippen LogP contribution in [0.1, 0.15) is 58.9 Å². The van der Waals surface area contributed by atoms with E-state index in [2.05, 4.69) is 6.92 Å². The van der Waals surface area contributed by atoms with Gasteiger partial charge in [-0.15, -0.1) is 0 Å². The number of esters is 2. The Morgan fingerprint density at radius 2 is 1.39 bits per heavy atom. The van der Waals surface area contributed by atoms with Gasteiger partial charge in [0.1, 0.15) is 5.75 Å². The lowest BCUT2D eigenvalue weighted by Gasteiger charge is -2.38. The zero-order valence-electron chi connectivity index (χ0n) is 22.5. The Kier molecular flexibility index (Phi) is 9.65. The predicted molar refractivity (Wildman–Crippen MR) is 144 cm³/mol. The Balaban J connectivity index is 2.19. The molecule has 0 spiro atoms. The molecule has 0 radical (unpaired) electrons. The van der Waals surface area contributed by atoms with Gasteiger partial charge in [0, 0.05) is 29.2 Å². The van der Waals surface area contributed by atoms with Gasteiger partial charge in [-0.3, -0.25) is 10.1 Å². The van der Waals surface area contributed by atoms with Gasteiger partial charge in [0.15, 0.2) is 0 Å². The van der Waals surface area contributed by atoms with Crippen LogP contribution in [0.4, 0.5) is 11.4 Å². The Labute approximate surface area is 222 Å². The Morgan fingerprint density at radius 3 is 1.84 bits per heavy atom. The molecule has 0 saturated carbocycles. The largest absolute Gasteiger partial charge is 0.494 e. The third-order valence-electron chi connectivity index (χ3n) is 6.32. The third kappa shape index (κ3) is 6.04. The fraction of sp³-hybridized carbons (Fsp3) is 0.379. The number of ether oxygens (including phenoxy) is 3. The van der Waals surface area contributed by atoms with Gasteiger partial charge in [-0.05, 0) is 63.9 Å². The van der Waals surface area contributed by atoms with Crippen LogP contribution < -0.4 is 9.64 Å². The lowest BCUT2D eigenvalue weighted by Crippen LogP contribution is -2.35. The molecule has 1 aliphatic heterocycles. The number of rotatable bonds is 11. The fourth-order valence-corrected chi connectivity index (χ4v) is 4.54. The van der Waals surface area contributed by atoms with Crippen LogP contribution in [0.3, 0.4) is 0 Å². The maximum Gasteiger partial charge on any atom is 0.336 e.